The van der Waals surface area contributed by atoms with Crippen LogP contribution in [0.5, 0.6) is 0 Å². The average Bonchev–Trinajstić information content (AvgIpc) is 2.65. The molecule has 0 radical (unpaired) electrons. The summed E-state index contributed by atoms with van der Waals surface area (Å²) in [6, 6.07) is 0. The van der Waals surface area contributed by atoms with Gasteiger partial charge in [-0.25, -0.2) is 4.39 Å². The van der Waals surface area contributed by atoms with Gasteiger partial charge in [0.15, 0.2) is 18.2 Å². The number of rotatable bonds is 3. The first kappa shape index (κ1) is 14.4. The van der Waals surface area contributed by atoms with Crippen LogP contribution in [0.2, 0.25) is 0 Å². The van der Waals surface area contributed by atoms with E-state index in [1.807, 2.05) is 0 Å². The number of hydrogen-bond donors (Lipinski definition) is 2. The largest absolute Gasteiger partial charge is 0.393 e. The second-order valence-corrected chi connectivity index (χ2v) is 4.35. The number of hydrogen-bond acceptors (Lipinski definition) is 6. The van der Waals surface area contributed by atoms with Crippen molar-refractivity contribution < 1.29 is 28.9 Å². The highest BCUT2D eigenvalue weighted by Crippen LogP contribution is 2.37. The molecule has 2 heterocycles. The molecule has 0 aromatic rings. The van der Waals surface area contributed by atoms with Crippen LogP contribution < -0.4 is 0 Å². The Bertz CT molecular complexity index is 520. The lowest BCUT2D eigenvalue weighted by molar-refractivity contribution is -0.158. The van der Waals surface area contributed by atoms with Gasteiger partial charge in [0, 0.05) is 11.1 Å². The normalized spacial score (nSPS) is 37.1. The van der Waals surface area contributed by atoms with Crippen LogP contribution in [0.3, 0.4) is 0 Å². The number of nitrogens with zero attached hydrogens (tertiary/aromatic N) is 4. The summed E-state index contributed by atoms with van der Waals surface area (Å²) in [6.45, 7) is -1.00. The van der Waals surface area contributed by atoms with E-state index < -0.39 is 48.9 Å². The Labute approximate surface area is 111 Å². The van der Waals surface area contributed by atoms with Crippen LogP contribution in [-0.4, -0.2) is 57.6 Å². The SMILES string of the molecule is [N-]=[N+]=N[C@]1(CO)O[C@@H](N2C=CC(=O)CC2=O)[C@H](O)[C@H]1F. The molecule has 0 bridgehead atoms. The second kappa shape index (κ2) is 5.17. The van der Waals surface area contributed by atoms with Crippen LogP contribution in [0.15, 0.2) is 17.4 Å². The van der Waals surface area contributed by atoms with Crippen molar-refractivity contribution in [1.29, 1.82) is 0 Å². The number of allylic oxidation sites excluding steroid dienone is 1. The van der Waals surface area contributed by atoms with E-state index >= 15 is 0 Å². The van der Waals surface area contributed by atoms with Crippen LogP contribution in [0.1, 0.15) is 6.42 Å². The van der Waals surface area contributed by atoms with Gasteiger partial charge in [-0.2, -0.15) is 0 Å². The third-order valence-electron chi connectivity index (χ3n) is 3.10. The summed E-state index contributed by atoms with van der Waals surface area (Å²) in [5.41, 5.74) is 6.09. The molecule has 0 aromatic heterocycles. The van der Waals surface area contributed by atoms with Crippen molar-refractivity contribution in [3.05, 3.63) is 22.7 Å². The zero-order chi connectivity index (χ0) is 14.9. The van der Waals surface area contributed by atoms with E-state index in [1.165, 1.54) is 0 Å². The summed E-state index contributed by atoms with van der Waals surface area (Å²) in [7, 11) is 0. The molecule has 0 aromatic carbocycles. The van der Waals surface area contributed by atoms with Crippen molar-refractivity contribution in [1.82, 2.24) is 4.90 Å². The van der Waals surface area contributed by atoms with Gasteiger partial charge < -0.3 is 14.9 Å². The number of amides is 1. The Hall–Kier alpha value is -2.00. The lowest BCUT2D eigenvalue weighted by Gasteiger charge is -2.29. The smallest absolute Gasteiger partial charge is 0.236 e. The molecule has 2 N–H and O–H groups in total. The van der Waals surface area contributed by atoms with Crippen molar-refractivity contribution in [2.24, 2.45) is 5.11 Å². The minimum Gasteiger partial charge on any atom is -0.393 e. The first-order valence-electron chi connectivity index (χ1n) is 5.64. The molecule has 0 saturated carbocycles. The number of ether oxygens (including phenoxy) is 1. The molecule has 0 spiro atoms. The zero-order valence-corrected chi connectivity index (χ0v) is 10.1. The fraction of sp³-hybridized carbons (Fsp3) is 0.600. The molecular weight excluding hydrogens is 275 g/mol. The van der Waals surface area contributed by atoms with Crippen molar-refractivity contribution >= 4 is 11.7 Å². The van der Waals surface area contributed by atoms with Gasteiger partial charge in [0.1, 0.15) is 6.10 Å². The van der Waals surface area contributed by atoms with Gasteiger partial charge in [-0.3, -0.25) is 14.5 Å². The average molecular weight is 286 g/mol. The maximum atomic E-state index is 14.0. The summed E-state index contributed by atoms with van der Waals surface area (Å²) in [4.78, 5) is 25.9. The van der Waals surface area contributed by atoms with E-state index in [9.17, 15) is 19.1 Å². The molecule has 108 valence electrons. The van der Waals surface area contributed by atoms with Gasteiger partial charge in [0.05, 0.1) is 13.0 Å². The van der Waals surface area contributed by atoms with E-state index in [2.05, 4.69) is 10.0 Å². The molecule has 20 heavy (non-hydrogen) atoms. The van der Waals surface area contributed by atoms with E-state index in [1.54, 1.807) is 0 Å². The highest BCUT2D eigenvalue weighted by atomic mass is 19.1. The monoisotopic (exact) mass is 286 g/mol. The van der Waals surface area contributed by atoms with Crippen LogP contribution in [0, 0.1) is 0 Å². The van der Waals surface area contributed by atoms with Gasteiger partial charge in [0.25, 0.3) is 0 Å². The molecular formula is C10H11FN4O5. The van der Waals surface area contributed by atoms with Crippen molar-refractivity contribution in [3.8, 4) is 0 Å². The Morgan fingerprint density at radius 2 is 2.35 bits per heavy atom. The van der Waals surface area contributed by atoms with Gasteiger partial charge in [-0.05, 0) is 11.6 Å². The Balaban J connectivity index is 2.31. The predicted molar refractivity (Wildman–Crippen MR) is 60.3 cm³/mol. The highest BCUT2D eigenvalue weighted by Gasteiger charge is 2.57. The molecule has 10 heteroatoms. The number of carbonyl (C=O) groups is 2. The van der Waals surface area contributed by atoms with Crippen LogP contribution in [-0.2, 0) is 14.3 Å². The number of aliphatic hydroxyl groups excluding tert-OH is 2. The maximum Gasteiger partial charge on any atom is 0.236 e. The van der Waals surface area contributed by atoms with E-state index in [4.69, 9.17) is 15.4 Å². The fourth-order valence-electron chi connectivity index (χ4n) is 2.06. The van der Waals surface area contributed by atoms with Crippen molar-refractivity contribution in [3.63, 3.8) is 0 Å². The van der Waals surface area contributed by atoms with Crippen molar-refractivity contribution in [2.75, 3.05) is 6.61 Å². The highest BCUT2D eigenvalue weighted by molar-refractivity contribution is 6.06. The number of alkyl halides is 1. The van der Waals surface area contributed by atoms with E-state index in [0.29, 0.717) is 0 Å². The Morgan fingerprint density at radius 1 is 1.65 bits per heavy atom. The second-order valence-electron chi connectivity index (χ2n) is 4.35. The molecule has 0 unspecified atom stereocenters. The minimum absolute atomic E-state index is 0.431. The summed E-state index contributed by atoms with van der Waals surface area (Å²) in [6.07, 6.45) is -3.83. The number of azide groups is 1. The van der Waals surface area contributed by atoms with E-state index in [0.717, 1.165) is 17.2 Å². The van der Waals surface area contributed by atoms with Gasteiger partial charge in [0.2, 0.25) is 11.6 Å². The van der Waals surface area contributed by atoms with Crippen LogP contribution in [0.25, 0.3) is 10.4 Å². The first-order chi connectivity index (χ1) is 9.45. The maximum absolute atomic E-state index is 14.0. The lowest BCUT2D eigenvalue weighted by Crippen LogP contribution is -2.45. The molecule has 0 aliphatic carbocycles. The molecule has 1 saturated heterocycles. The summed E-state index contributed by atoms with van der Waals surface area (Å²) in [5.74, 6) is -1.12. The standard InChI is InChI=1S/C10H11FN4O5/c11-8-7(19)9(20-10(8,4-16)13-14-12)15-2-1-5(17)3-6(15)18/h1-2,7-9,16,19H,3-4H2/t7-,8-,9-,10-/m1/s1. The van der Waals surface area contributed by atoms with Crippen molar-refractivity contribution in [2.45, 2.75) is 30.6 Å². The quantitative estimate of drug-likeness (QED) is 0.307. The lowest BCUT2D eigenvalue weighted by atomic mass is 10.1. The number of carbonyl (C=O) groups excluding carboxylic acids is 2. The summed E-state index contributed by atoms with van der Waals surface area (Å²) in [5, 5.41) is 22.0. The number of ketones is 1. The van der Waals surface area contributed by atoms with Gasteiger partial charge >= 0.3 is 0 Å². The molecule has 4 atom stereocenters. The number of aliphatic hydroxyl groups is 2. The number of halogens is 1. The van der Waals surface area contributed by atoms with Gasteiger partial charge in [-0.1, -0.05) is 5.11 Å². The Morgan fingerprint density at radius 3 is 2.90 bits per heavy atom. The minimum atomic E-state index is -2.30. The topological polar surface area (TPSA) is 136 Å². The van der Waals surface area contributed by atoms with Crippen LogP contribution >= 0.6 is 0 Å². The van der Waals surface area contributed by atoms with E-state index in [-0.39, 0.29) is 0 Å². The Kier molecular flexibility index (Phi) is 3.73. The van der Waals surface area contributed by atoms with Gasteiger partial charge in [-0.15, -0.1) is 0 Å². The molecule has 1 amide bonds. The molecule has 9 nitrogen and oxygen atoms in total. The van der Waals surface area contributed by atoms with Crippen LogP contribution in [0.4, 0.5) is 4.39 Å². The first-order valence-corrected chi connectivity index (χ1v) is 5.64. The molecule has 2 aliphatic heterocycles. The molecule has 2 rings (SSSR count). The molecule has 2 aliphatic rings. The third-order valence-corrected chi connectivity index (χ3v) is 3.10. The predicted octanol–water partition coefficient (Wildman–Crippen LogP) is -0.644. The summed E-state index contributed by atoms with van der Waals surface area (Å²) >= 11 is 0. The summed E-state index contributed by atoms with van der Waals surface area (Å²) < 4.78 is 19.1. The third kappa shape index (κ3) is 2.14. The fourth-order valence-corrected chi connectivity index (χ4v) is 2.06. The zero-order valence-electron chi connectivity index (χ0n) is 10.1. The molecule has 1 fully saturated rings.